The summed E-state index contributed by atoms with van der Waals surface area (Å²) >= 11 is 5.95. The number of nitro groups is 1. The van der Waals surface area contributed by atoms with E-state index in [1.165, 1.54) is 12.1 Å². The normalized spacial score (nSPS) is 11.9. The summed E-state index contributed by atoms with van der Waals surface area (Å²) in [6.45, 7) is 4.01. The Morgan fingerprint density at radius 3 is 2.79 bits per heavy atom. The predicted octanol–water partition coefficient (Wildman–Crippen LogP) is 3.04. The van der Waals surface area contributed by atoms with E-state index in [9.17, 15) is 14.9 Å². The second-order valence-corrected chi connectivity index (χ2v) is 4.87. The van der Waals surface area contributed by atoms with Gasteiger partial charge in [0, 0.05) is 29.1 Å². The number of nitro benzene ring substituents is 1. The molecule has 104 valence electrons. The first-order chi connectivity index (χ1) is 8.97. The highest BCUT2D eigenvalue weighted by Crippen LogP contribution is 2.20. The van der Waals surface area contributed by atoms with Gasteiger partial charge in [-0.15, -0.1) is 11.6 Å². The van der Waals surface area contributed by atoms with Gasteiger partial charge in [-0.3, -0.25) is 14.9 Å². The van der Waals surface area contributed by atoms with Crippen molar-refractivity contribution in [2.45, 2.75) is 32.1 Å². The minimum atomic E-state index is -0.488. The zero-order valence-electron chi connectivity index (χ0n) is 11.0. The SMILES string of the molecule is CCC(Cl)CCNC(=O)c1cccc([N+](=O)[O-])c1C. The predicted molar refractivity (Wildman–Crippen MR) is 74.7 cm³/mol. The van der Waals surface area contributed by atoms with Gasteiger partial charge in [-0.2, -0.15) is 0 Å². The molecule has 0 aromatic heterocycles. The van der Waals surface area contributed by atoms with Crippen molar-refractivity contribution >= 4 is 23.2 Å². The average Bonchev–Trinajstić information content (AvgIpc) is 2.38. The number of carbonyl (C=O) groups excluding carboxylic acids is 1. The number of nitrogens with one attached hydrogen (secondary N) is 1. The Labute approximate surface area is 117 Å². The summed E-state index contributed by atoms with van der Waals surface area (Å²) in [5.74, 6) is -0.304. The first kappa shape index (κ1) is 15.4. The van der Waals surface area contributed by atoms with Crippen molar-refractivity contribution in [3.8, 4) is 0 Å². The maximum absolute atomic E-state index is 11.9. The molecule has 1 rings (SSSR count). The molecule has 1 aromatic rings. The van der Waals surface area contributed by atoms with Gasteiger partial charge in [-0.05, 0) is 25.8 Å². The van der Waals surface area contributed by atoms with E-state index in [0.29, 0.717) is 24.1 Å². The van der Waals surface area contributed by atoms with Gasteiger partial charge in [0.2, 0.25) is 0 Å². The summed E-state index contributed by atoms with van der Waals surface area (Å²) in [6, 6.07) is 4.48. The third kappa shape index (κ3) is 4.21. The minimum Gasteiger partial charge on any atom is -0.352 e. The lowest BCUT2D eigenvalue weighted by molar-refractivity contribution is -0.385. The Balaban J connectivity index is 2.72. The van der Waals surface area contributed by atoms with Crippen LogP contribution in [0.4, 0.5) is 5.69 Å². The molecule has 0 aliphatic heterocycles. The van der Waals surface area contributed by atoms with Gasteiger partial charge < -0.3 is 5.32 Å². The van der Waals surface area contributed by atoms with Crippen molar-refractivity contribution in [3.05, 3.63) is 39.4 Å². The molecule has 19 heavy (non-hydrogen) atoms. The van der Waals surface area contributed by atoms with Crippen molar-refractivity contribution in [2.75, 3.05) is 6.54 Å². The average molecular weight is 285 g/mol. The number of hydrogen-bond donors (Lipinski definition) is 1. The quantitative estimate of drug-likeness (QED) is 0.496. The maximum atomic E-state index is 11.9. The molecular formula is C13H17ClN2O3. The highest BCUT2D eigenvalue weighted by atomic mass is 35.5. The summed E-state index contributed by atoms with van der Waals surface area (Å²) < 4.78 is 0. The topological polar surface area (TPSA) is 72.2 Å². The molecule has 0 saturated carbocycles. The monoisotopic (exact) mass is 284 g/mol. The van der Waals surface area contributed by atoms with Gasteiger partial charge in [0.15, 0.2) is 0 Å². The second-order valence-electron chi connectivity index (χ2n) is 4.26. The summed E-state index contributed by atoms with van der Waals surface area (Å²) in [4.78, 5) is 22.2. The molecule has 0 aliphatic rings. The van der Waals surface area contributed by atoms with Crippen LogP contribution >= 0.6 is 11.6 Å². The summed E-state index contributed by atoms with van der Waals surface area (Å²) in [5.41, 5.74) is 0.663. The number of alkyl halides is 1. The molecule has 1 aromatic carbocycles. The van der Waals surface area contributed by atoms with E-state index in [0.717, 1.165) is 6.42 Å². The molecular weight excluding hydrogens is 268 g/mol. The van der Waals surface area contributed by atoms with Crippen molar-refractivity contribution in [2.24, 2.45) is 0 Å². The molecule has 6 heteroatoms. The van der Waals surface area contributed by atoms with Crippen LogP contribution in [-0.2, 0) is 0 Å². The number of halogens is 1. The lowest BCUT2D eigenvalue weighted by Gasteiger charge is -2.09. The van der Waals surface area contributed by atoms with E-state index in [4.69, 9.17) is 11.6 Å². The van der Waals surface area contributed by atoms with Crippen molar-refractivity contribution in [3.63, 3.8) is 0 Å². The number of rotatable bonds is 6. The smallest absolute Gasteiger partial charge is 0.273 e. The van der Waals surface area contributed by atoms with Crippen LogP contribution in [0.3, 0.4) is 0 Å². The fourth-order valence-electron chi connectivity index (χ4n) is 1.71. The lowest BCUT2D eigenvalue weighted by atomic mass is 10.1. The summed E-state index contributed by atoms with van der Waals surface area (Å²) in [6.07, 6.45) is 1.52. The van der Waals surface area contributed by atoms with Crippen LogP contribution in [0.15, 0.2) is 18.2 Å². The standard InChI is InChI=1S/C13H17ClN2O3/c1-3-10(14)7-8-15-13(17)11-5-4-6-12(9(11)2)16(18)19/h4-6,10H,3,7-8H2,1-2H3,(H,15,17). The Morgan fingerprint density at radius 1 is 1.53 bits per heavy atom. The molecule has 1 atom stereocenters. The molecule has 0 bridgehead atoms. The number of nitrogens with zero attached hydrogens (tertiary/aromatic N) is 1. The zero-order valence-corrected chi connectivity index (χ0v) is 11.7. The Bertz CT molecular complexity index is 477. The molecule has 0 fully saturated rings. The van der Waals surface area contributed by atoms with Gasteiger partial charge in [-0.1, -0.05) is 13.0 Å². The number of benzene rings is 1. The van der Waals surface area contributed by atoms with Crippen LogP contribution in [0, 0.1) is 17.0 Å². The van der Waals surface area contributed by atoms with Gasteiger partial charge in [-0.25, -0.2) is 0 Å². The third-order valence-corrected chi connectivity index (χ3v) is 3.46. The molecule has 0 aliphatic carbocycles. The first-order valence-electron chi connectivity index (χ1n) is 6.13. The van der Waals surface area contributed by atoms with Crippen LogP contribution in [0.5, 0.6) is 0 Å². The van der Waals surface area contributed by atoms with Crippen LogP contribution in [-0.4, -0.2) is 22.8 Å². The van der Waals surface area contributed by atoms with E-state index in [2.05, 4.69) is 5.32 Å². The van der Waals surface area contributed by atoms with Gasteiger partial charge in [0.25, 0.3) is 11.6 Å². The third-order valence-electron chi connectivity index (χ3n) is 2.93. The van der Waals surface area contributed by atoms with E-state index < -0.39 is 4.92 Å². The summed E-state index contributed by atoms with van der Waals surface area (Å²) in [5, 5.41) is 13.6. The van der Waals surface area contributed by atoms with E-state index in [1.54, 1.807) is 13.0 Å². The van der Waals surface area contributed by atoms with Crippen molar-refractivity contribution < 1.29 is 9.72 Å². The minimum absolute atomic E-state index is 0.0338. The second kappa shape index (κ2) is 7.09. The molecule has 1 unspecified atom stereocenters. The molecule has 0 heterocycles. The van der Waals surface area contributed by atoms with Crippen LogP contribution in [0.1, 0.15) is 35.7 Å². The van der Waals surface area contributed by atoms with Crippen molar-refractivity contribution in [1.82, 2.24) is 5.32 Å². The molecule has 0 radical (unpaired) electrons. The lowest BCUT2D eigenvalue weighted by Crippen LogP contribution is -2.26. The zero-order chi connectivity index (χ0) is 14.4. The number of carbonyl (C=O) groups is 1. The van der Waals surface area contributed by atoms with Gasteiger partial charge >= 0.3 is 0 Å². The molecule has 0 spiro atoms. The molecule has 5 nitrogen and oxygen atoms in total. The van der Waals surface area contributed by atoms with Crippen LogP contribution in [0.25, 0.3) is 0 Å². The fourth-order valence-corrected chi connectivity index (χ4v) is 1.82. The summed E-state index contributed by atoms with van der Waals surface area (Å²) in [7, 11) is 0. The Kier molecular flexibility index (Phi) is 5.76. The van der Waals surface area contributed by atoms with Crippen LogP contribution < -0.4 is 5.32 Å². The maximum Gasteiger partial charge on any atom is 0.273 e. The van der Waals surface area contributed by atoms with E-state index in [1.807, 2.05) is 6.92 Å². The van der Waals surface area contributed by atoms with Gasteiger partial charge in [0.05, 0.1) is 4.92 Å². The molecule has 0 saturated heterocycles. The fraction of sp³-hybridized carbons (Fsp3) is 0.462. The Hall–Kier alpha value is -1.62. The highest BCUT2D eigenvalue weighted by molar-refractivity contribution is 6.20. The largest absolute Gasteiger partial charge is 0.352 e. The van der Waals surface area contributed by atoms with Crippen LogP contribution in [0.2, 0.25) is 0 Å². The Morgan fingerprint density at radius 2 is 2.21 bits per heavy atom. The van der Waals surface area contributed by atoms with E-state index >= 15 is 0 Å². The number of amides is 1. The molecule has 1 N–H and O–H groups in total. The van der Waals surface area contributed by atoms with E-state index in [-0.39, 0.29) is 17.0 Å². The highest BCUT2D eigenvalue weighted by Gasteiger charge is 2.17. The number of hydrogen-bond acceptors (Lipinski definition) is 3. The van der Waals surface area contributed by atoms with Gasteiger partial charge in [0.1, 0.15) is 0 Å². The first-order valence-corrected chi connectivity index (χ1v) is 6.57. The molecule has 1 amide bonds. The van der Waals surface area contributed by atoms with Crippen molar-refractivity contribution in [1.29, 1.82) is 0 Å².